The van der Waals surface area contributed by atoms with Gasteiger partial charge in [0.25, 0.3) is 5.91 Å². The van der Waals surface area contributed by atoms with Crippen molar-refractivity contribution in [3.8, 4) is 5.75 Å². The standard InChI is InChI=1S/C23H18FNO5/c1-29-20-12-6-16(7-13-20)22(27)25-19-10-4-17(5-11-19)23(28)30-14-21(26)15-2-8-18(24)9-3-15/h2-13H,14H2,1H3,(H,25,27). The SMILES string of the molecule is COc1ccc(C(=O)Nc2ccc(C(=O)OCC(=O)c3ccc(F)cc3)cc2)cc1. The molecule has 0 aliphatic rings. The van der Waals surface area contributed by atoms with Crippen LogP contribution in [0.4, 0.5) is 10.1 Å². The fourth-order valence-corrected chi connectivity index (χ4v) is 2.57. The first-order valence-electron chi connectivity index (χ1n) is 8.97. The van der Waals surface area contributed by atoms with Crippen LogP contribution in [0, 0.1) is 5.82 Å². The molecule has 0 atom stereocenters. The second-order valence-corrected chi connectivity index (χ2v) is 6.27. The third-order valence-electron chi connectivity index (χ3n) is 4.23. The molecule has 0 radical (unpaired) electrons. The molecule has 0 heterocycles. The van der Waals surface area contributed by atoms with Gasteiger partial charge < -0.3 is 14.8 Å². The Hall–Kier alpha value is -4.00. The van der Waals surface area contributed by atoms with Crippen LogP contribution in [0.2, 0.25) is 0 Å². The molecule has 3 aromatic carbocycles. The number of halogens is 1. The molecule has 0 saturated carbocycles. The Morgan fingerprint density at radius 3 is 1.97 bits per heavy atom. The zero-order chi connectivity index (χ0) is 21.5. The first kappa shape index (κ1) is 20.7. The van der Waals surface area contributed by atoms with Crippen molar-refractivity contribution in [1.29, 1.82) is 0 Å². The molecule has 0 bridgehead atoms. The lowest BCUT2D eigenvalue weighted by atomic mass is 10.1. The highest BCUT2D eigenvalue weighted by Crippen LogP contribution is 2.15. The quantitative estimate of drug-likeness (QED) is 0.471. The molecular formula is C23H18FNO5. The number of amides is 1. The van der Waals surface area contributed by atoms with Gasteiger partial charge in [0.05, 0.1) is 12.7 Å². The average Bonchev–Trinajstić information content (AvgIpc) is 2.78. The summed E-state index contributed by atoms with van der Waals surface area (Å²) in [5.74, 6) is -1.24. The van der Waals surface area contributed by atoms with Gasteiger partial charge in [-0.25, -0.2) is 9.18 Å². The number of methoxy groups -OCH3 is 1. The number of ether oxygens (including phenoxy) is 2. The number of benzene rings is 3. The van der Waals surface area contributed by atoms with E-state index in [0.29, 0.717) is 17.0 Å². The van der Waals surface area contributed by atoms with Crippen molar-refractivity contribution >= 4 is 23.3 Å². The number of hydrogen-bond acceptors (Lipinski definition) is 5. The summed E-state index contributed by atoms with van der Waals surface area (Å²) in [7, 11) is 1.54. The summed E-state index contributed by atoms with van der Waals surface area (Å²) in [5, 5.41) is 2.72. The predicted molar refractivity (Wildman–Crippen MR) is 108 cm³/mol. The van der Waals surface area contributed by atoms with Gasteiger partial charge in [-0.05, 0) is 72.8 Å². The topological polar surface area (TPSA) is 81.7 Å². The molecule has 3 aromatic rings. The minimum atomic E-state index is -0.682. The summed E-state index contributed by atoms with van der Waals surface area (Å²) >= 11 is 0. The number of anilines is 1. The van der Waals surface area contributed by atoms with Crippen molar-refractivity contribution in [2.75, 3.05) is 19.0 Å². The molecule has 1 amide bonds. The minimum absolute atomic E-state index is 0.226. The highest BCUT2D eigenvalue weighted by atomic mass is 19.1. The van der Waals surface area contributed by atoms with E-state index in [2.05, 4.69) is 5.32 Å². The summed E-state index contributed by atoms with van der Waals surface area (Å²) < 4.78 is 23.0. The van der Waals surface area contributed by atoms with E-state index in [9.17, 15) is 18.8 Å². The fraction of sp³-hybridized carbons (Fsp3) is 0.0870. The minimum Gasteiger partial charge on any atom is -0.497 e. The van der Waals surface area contributed by atoms with Crippen LogP contribution in [0.25, 0.3) is 0 Å². The maximum Gasteiger partial charge on any atom is 0.338 e. The number of nitrogens with one attached hydrogen (secondary N) is 1. The molecule has 30 heavy (non-hydrogen) atoms. The van der Waals surface area contributed by atoms with Crippen molar-refractivity contribution in [3.05, 3.63) is 95.3 Å². The number of ketones is 1. The molecule has 0 aliphatic heterocycles. The summed E-state index contributed by atoms with van der Waals surface area (Å²) in [6.45, 7) is -0.458. The lowest BCUT2D eigenvalue weighted by Gasteiger charge is -2.08. The fourth-order valence-electron chi connectivity index (χ4n) is 2.57. The molecular weight excluding hydrogens is 389 g/mol. The van der Waals surface area contributed by atoms with E-state index in [4.69, 9.17) is 9.47 Å². The van der Waals surface area contributed by atoms with E-state index in [1.807, 2.05) is 0 Å². The van der Waals surface area contributed by atoms with Crippen molar-refractivity contribution in [1.82, 2.24) is 0 Å². The molecule has 0 saturated heterocycles. The molecule has 0 aromatic heterocycles. The van der Waals surface area contributed by atoms with Crippen LogP contribution >= 0.6 is 0 Å². The third kappa shape index (κ3) is 5.29. The van der Waals surface area contributed by atoms with Crippen LogP contribution in [-0.2, 0) is 4.74 Å². The smallest absolute Gasteiger partial charge is 0.338 e. The van der Waals surface area contributed by atoms with E-state index < -0.39 is 24.2 Å². The second-order valence-electron chi connectivity index (χ2n) is 6.27. The van der Waals surface area contributed by atoms with Gasteiger partial charge in [-0.2, -0.15) is 0 Å². The number of esters is 1. The van der Waals surface area contributed by atoms with Gasteiger partial charge in [0.1, 0.15) is 11.6 Å². The zero-order valence-corrected chi connectivity index (χ0v) is 16.1. The van der Waals surface area contributed by atoms with Crippen molar-refractivity contribution < 1.29 is 28.2 Å². The molecule has 0 fully saturated rings. The summed E-state index contributed by atoms with van der Waals surface area (Å²) in [6.07, 6.45) is 0. The first-order valence-corrected chi connectivity index (χ1v) is 8.97. The van der Waals surface area contributed by atoms with E-state index in [0.717, 1.165) is 12.1 Å². The van der Waals surface area contributed by atoms with E-state index >= 15 is 0 Å². The van der Waals surface area contributed by atoms with E-state index in [1.54, 1.807) is 43.5 Å². The Kier molecular flexibility index (Phi) is 6.54. The Labute approximate surface area is 172 Å². The van der Waals surface area contributed by atoms with Crippen molar-refractivity contribution in [3.63, 3.8) is 0 Å². The maximum absolute atomic E-state index is 12.9. The van der Waals surface area contributed by atoms with Crippen LogP contribution in [0.3, 0.4) is 0 Å². The largest absolute Gasteiger partial charge is 0.497 e. The number of hydrogen-bond donors (Lipinski definition) is 1. The summed E-state index contributed by atoms with van der Waals surface area (Å²) in [6, 6.07) is 17.7. The maximum atomic E-state index is 12.9. The molecule has 3 rings (SSSR count). The zero-order valence-electron chi connectivity index (χ0n) is 16.1. The van der Waals surface area contributed by atoms with Crippen LogP contribution in [0.15, 0.2) is 72.8 Å². The first-order chi connectivity index (χ1) is 14.5. The molecule has 0 aliphatic carbocycles. The average molecular weight is 407 g/mol. The van der Waals surface area contributed by atoms with Crippen LogP contribution in [-0.4, -0.2) is 31.4 Å². The van der Waals surface area contributed by atoms with Gasteiger partial charge in [-0.15, -0.1) is 0 Å². The molecule has 6 nitrogen and oxygen atoms in total. The highest BCUT2D eigenvalue weighted by molar-refractivity contribution is 6.04. The van der Waals surface area contributed by atoms with Crippen molar-refractivity contribution in [2.24, 2.45) is 0 Å². The third-order valence-corrected chi connectivity index (χ3v) is 4.23. The molecule has 1 N–H and O–H groups in total. The monoisotopic (exact) mass is 407 g/mol. The normalized spacial score (nSPS) is 10.2. The highest BCUT2D eigenvalue weighted by Gasteiger charge is 2.13. The van der Waals surface area contributed by atoms with Gasteiger partial charge in [0.2, 0.25) is 0 Å². The number of Topliss-reactive ketones (excluding diaryl/α,β-unsaturated/α-hetero) is 1. The number of rotatable bonds is 7. The lowest BCUT2D eigenvalue weighted by molar-refractivity contribution is 0.0474. The Morgan fingerprint density at radius 1 is 0.800 bits per heavy atom. The van der Waals surface area contributed by atoms with Crippen LogP contribution in [0.1, 0.15) is 31.1 Å². The van der Waals surface area contributed by atoms with Gasteiger partial charge in [-0.3, -0.25) is 9.59 Å². The predicted octanol–water partition coefficient (Wildman–Crippen LogP) is 4.13. The summed E-state index contributed by atoms with van der Waals surface area (Å²) in [5.41, 5.74) is 1.43. The lowest BCUT2D eigenvalue weighted by Crippen LogP contribution is -2.15. The van der Waals surface area contributed by atoms with Gasteiger partial charge in [0.15, 0.2) is 12.4 Å². The molecule has 0 spiro atoms. The van der Waals surface area contributed by atoms with Gasteiger partial charge in [-0.1, -0.05) is 0 Å². The van der Waals surface area contributed by atoms with E-state index in [1.165, 1.54) is 24.3 Å². The van der Waals surface area contributed by atoms with Crippen LogP contribution < -0.4 is 10.1 Å². The molecule has 7 heteroatoms. The van der Waals surface area contributed by atoms with Gasteiger partial charge in [0, 0.05) is 16.8 Å². The Bertz CT molecular complexity index is 1040. The second kappa shape index (κ2) is 9.47. The van der Waals surface area contributed by atoms with Crippen LogP contribution in [0.5, 0.6) is 5.75 Å². The van der Waals surface area contributed by atoms with Gasteiger partial charge >= 0.3 is 5.97 Å². The Balaban J connectivity index is 1.55. The Morgan fingerprint density at radius 2 is 1.37 bits per heavy atom. The van der Waals surface area contributed by atoms with E-state index in [-0.39, 0.29) is 17.0 Å². The number of carbonyl (C=O) groups excluding carboxylic acids is 3. The summed E-state index contributed by atoms with van der Waals surface area (Å²) in [4.78, 5) is 36.4. The number of carbonyl (C=O) groups is 3. The molecule has 0 unspecified atom stereocenters. The molecule has 152 valence electrons. The van der Waals surface area contributed by atoms with Crippen molar-refractivity contribution in [2.45, 2.75) is 0 Å².